The SMILES string of the molecule is CCC(c1ccc(CC(C)C)cc1)c1nc(O)c(-c2ccc(F)cc2F)s1. The highest BCUT2D eigenvalue weighted by Gasteiger charge is 2.22. The fraction of sp³-hybridized carbons (Fsp3) is 0.318. The molecule has 3 aromatic rings. The van der Waals surface area contributed by atoms with Gasteiger partial charge in [0, 0.05) is 17.5 Å². The summed E-state index contributed by atoms with van der Waals surface area (Å²) in [7, 11) is 0. The first-order chi connectivity index (χ1) is 12.9. The van der Waals surface area contributed by atoms with Gasteiger partial charge in [0.2, 0.25) is 5.88 Å². The summed E-state index contributed by atoms with van der Waals surface area (Å²) in [6.45, 7) is 6.44. The van der Waals surface area contributed by atoms with Crippen LogP contribution in [0.15, 0.2) is 42.5 Å². The van der Waals surface area contributed by atoms with Crippen LogP contribution in [0.25, 0.3) is 10.4 Å². The molecule has 0 amide bonds. The molecule has 2 aromatic carbocycles. The van der Waals surface area contributed by atoms with Crippen molar-refractivity contribution in [1.29, 1.82) is 0 Å². The Balaban J connectivity index is 1.92. The van der Waals surface area contributed by atoms with Crippen LogP contribution >= 0.6 is 11.3 Å². The summed E-state index contributed by atoms with van der Waals surface area (Å²) in [6.07, 6.45) is 1.84. The molecule has 1 N–H and O–H groups in total. The van der Waals surface area contributed by atoms with Gasteiger partial charge < -0.3 is 5.11 Å². The molecule has 1 aromatic heterocycles. The van der Waals surface area contributed by atoms with Crippen LogP contribution in [-0.4, -0.2) is 10.1 Å². The van der Waals surface area contributed by atoms with Crippen LogP contribution in [0.5, 0.6) is 5.88 Å². The zero-order chi connectivity index (χ0) is 19.6. The molecular formula is C22H23F2NOS. The number of benzene rings is 2. The van der Waals surface area contributed by atoms with E-state index in [0.717, 1.165) is 29.5 Å². The third kappa shape index (κ3) is 4.35. The normalized spacial score (nSPS) is 12.5. The molecular weight excluding hydrogens is 364 g/mol. The predicted octanol–water partition coefficient (Wildman–Crippen LogP) is 6.53. The Morgan fingerprint density at radius 2 is 1.78 bits per heavy atom. The van der Waals surface area contributed by atoms with Crippen molar-refractivity contribution in [3.8, 4) is 16.3 Å². The maximum Gasteiger partial charge on any atom is 0.230 e. The lowest BCUT2D eigenvalue weighted by Crippen LogP contribution is -2.00. The number of hydrogen-bond donors (Lipinski definition) is 1. The van der Waals surface area contributed by atoms with E-state index in [2.05, 4.69) is 50.0 Å². The molecule has 142 valence electrons. The first kappa shape index (κ1) is 19.5. The Morgan fingerprint density at radius 1 is 1.07 bits per heavy atom. The van der Waals surface area contributed by atoms with Crippen molar-refractivity contribution < 1.29 is 13.9 Å². The van der Waals surface area contributed by atoms with Gasteiger partial charge in [-0.25, -0.2) is 13.8 Å². The highest BCUT2D eigenvalue weighted by atomic mass is 32.1. The molecule has 0 saturated heterocycles. The maximum atomic E-state index is 14.1. The molecule has 0 saturated carbocycles. The van der Waals surface area contributed by atoms with Gasteiger partial charge in [-0.1, -0.05) is 45.0 Å². The van der Waals surface area contributed by atoms with Gasteiger partial charge in [-0.3, -0.25) is 0 Å². The summed E-state index contributed by atoms with van der Waals surface area (Å²) in [5, 5.41) is 11.0. The fourth-order valence-corrected chi connectivity index (χ4v) is 4.44. The van der Waals surface area contributed by atoms with Crippen molar-refractivity contribution in [1.82, 2.24) is 4.98 Å². The Morgan fingerprint density at radius 3 is 2.37 bits per heavy atom. The van der Waals surface area contributed by atoms with Crippen molar-refractivity contribution in [2.75, 3.05) is 0 Å². The van der Waals surface area contributed by atoms with Gasteiger partial charge in [-0.2, -0.15) is 0 Å². The molecule has 0 fully saturated rings. The number of aromatic nitrogens is 1. The number of aromatic hydroxyl groups is 1. The third-order valence-corrected chi connectivity index (χ3v) is 5.73. The lowest BCUT2D eigenvalue weighted by molar-refractivity contribution is 0.456. The third-order valence-electron chi connectivity index (χ3n) is 4.53. The molecule has 27 heavy (non-hydrogen) atoms. The number of halogens is 2. The molecule has 0 radical (unpaired) electrons. The quantitative estimate of drug-likeness (QED) is 0.521. The Kier molecular flexibility index (Phi) is 5.90. The van der Waals surface area contributed by atoms with Gasteiger partial charge in [0.05, 0.1) is 0 Å². The topological polar surface area (TPSA) is 33.1 Å². The molecule has 1 unspecified atom stereocenters. The summed E-state index contributed by atoms with van der Waals surface area (Å²) in [4.78, 5) is 4.61. The van der Waals surface area contributed by atoms with E-state index in [0.29, 0.717) is 10.8 Å². The lowest BCUT2D eigenvalue weighted by Gasteiger charge is -2.13. The van der Waals surface area contributed by atoms with Crippen molar-refractivity contribution in [2.24, 2.45) is 5.92 Å². The second-order valence-electron chi connectivity index (χ2n) is 7.13. The van der Waals surface area contributed by atoms with Crippen LogP contribution in [0.3, 0.4) is 0 Å². The van der Waals surface area contributed by atoms with Crippen molar-refractivity contribution >= 4 is 11.3 Å². The second-order valence-corrected chi connectivity index (χ2v) is 8.16. The Hall–Kier alpha value is -2.27. The number of thiazole rings is 1. The van der Waals surface area contributed by atoms with E-state index in [1.54, 1.807) is 0 Å². The fourth-order valence-electron chi connectivity index (χ4n) is 3.24. The molecule has 1 heterocycles. The van der Waals surface area contributed by atoms with Gasteiger partial charge in [0.1, 0.15) is 21.5 Å². The van der Waals surface area contributed by atoms with Crippen molar-refractivity contribution in [3.63, 3.8) is 0 Å². The minimum absolute atomic E-state index is 0.0197. The van der Waals surface area contributed by atoms with Crippen LogP contribution in [-0.2, 0) is 6.42 Å². The second kappa shape index (κ2) is 8.17. The largest absolute Gasteiger partial charge is 0.492 e. The molecule has 0 bridgehead atoms. The van der Waals surface area contributed by atoms with Gasteiger partial charge >= 0.3 is 0 Å². The van der Waals surface area contributed by atoms with E-state index in [-0.39, 0.29) is 17.4 Å². The standard InChI is InChI=1S/C22H23F2NOS/c1-4-17(15-7-5-14(6-8-15)11-13(2)3)22-25-21(26)20(27-22)18-10-9-16(23)12-19(18)24/h5-10,12-13,17,26H,4,11H2,1-3H3. The maximum absolute atomic E-state index is 14.1. The zero-order valence-electron chi connectivity index (χ0n) is 15.7. The van der Waals surface area contributed by atoms with E-state index in [4.69, 9.17) is 0 Å². The summed E-state index contributed by atoms with van der Waals surface area (Å²) in [5.74, 6) is -0.941. The first-order valence-corrected chi connectivity index (χ1v) is 9.94. The molecule has 2 nitrogen and oxygen atoms in total. The first-order valence-electron chi connectivity index (χ1n) is 9.13. The minimum atomic E-state index is -0.702. The Labute approximate surface area is 162 Å². The smallest absolute Gasteiger partial charge is 0.230 e. The zero-order valence-corrected chi connectivity index (χ0v) is 16.5. The van der Waals surface area contributed by atoms with Crippen molar-refractivity contribution in [2.45, 2.75) is 39.5 Å². The van der Waals surface area contributed by atoms with Gasteiger partial charge in [0.15, 0.2) is 0 Å². The number of hydrogen-bond acceptors (Lipinski definition) is 3. The van der Waals surface area contributed by atoms with Crippen LogP contribution < -0.4 is 0 Å². The Bertz CT molecular complexity index is 919. The molecule has 0 aliphatic carbocycles. The molecule has 0 aliphatic heterocycles. The average Bonchev–Trinajstić information content (AvgIpc) is 2.98. The van der Waals surface area contributed by atoms with Gasteiger partial charge in [0.25, 0.3) is 0 Å². The van der Waals surface area contributed by atoms with Crippen LogP contribution in [0.2, 0.25) is 0 Å². The summed E-state index contributed by atoms with van der Waals surface area (Å²) >= 11 is 1.25. The monoisotopic (exact) mass is 387 g/mol. The van der Waals surface area contributed by atoms with Crippen LogP contribution in [0.1, 0.15) is 49.2 Å². The molecule has 3 rings (SSSR count). The predicted molar refractivity (Wildman–Crippen MR) is 106 cm³/mol. The highest BCUT2D eigenvalue weighted by Crippen LogP contribution is 2.41. The van der Waals surface area contributed by atoms with E-state index < -0.39 is 11.6 Å². The van der Waals surface area contributed by atoms with Gasteiger partial charge in [-0.05, 0) is 42.0 Å². The molecule has 0 spiro atoms. The average molecular weight is 387 g/mol. The number of nitrogens with zero attached hydrogens (tertiary/aromatic N) is 1. The molecule has 1 atom stereocenters. The highest BCUT2D eigenvalue weighted by molar-refractivity contribution is 7.15. The summed E-state index contributed by atoms with van der Waals surface area (Å²) in [5.41, 5.74) is 2.57. The van der Waals surface area contributed by atoms with E-state index in [9.17, 15) is 13.9 Å². The van der Waals surface area contributed by atoms with Crippen LogP contribution in [0, 0.1) is 17.6 Å². The number of rotatable bonds is 6. The van der Waals surface area contributed by atoms with E-state index in [1.165, 1.54) is 29.0 Å². The van der Waals surface area contributed by atoms with E-state index >= 15 is 0 Å². The summed E-state index contributed by atoms with van der Waals surface area (Å²) < 4.78 is 27.3. The minimum Gasteiger partial charge on any atom is -0.492 e. The van der Waals surface area contributed by atoms with Crippen molar-refractivity contribution in [3.05, 3.63) is 70.2 Å². The molecule has 5 heteroatoms. The van der Waals surface area contributed by atoms with Gasteiger partial charge in [-0.15, -0.1) is 11.3 Å². The van der Waals surface area contributed by atoms with E-state index in [1.807, 2.05) is 0 Å². The summed E-state index contributed by atoms with van der Waals surface area (Å²) in [6, 6.07) is 11.8. The van der Waals surface area contributed by atoms with Crippen LogP contribution in [0.4, 0.5) is 8.78 Å². The lowest BCUT2D eigenvalue weighted by atomic mass is 9.94. The molecule has 0 aliphatic rings.